The van der Waals surface area contributed by atoms with Gasteiger partial charge >= 0.3 is 0 Å². The summed E-state index contributed by atoms with van der Waals surface area (Å²) in [6, 6.07) is 0. The van der Waals surface area contributed by atoms with Gasteiger partial charge in [0.15, 0.2) is 14.6 Å². The molecular weight excluding hydrogens is 232 g/mol. The van der Waals surface area contributed by atoms with Crippen LogP contribution in [0, 0.1) is 11.7 Å². The maximum atomic E-state index is 11.5. The lowest BCUT2D eigenvalue weighted by molar-refractivity contribution is 0.361. The Morgan fingerprint density at radius 3 is 2.67 bits per heavy atom. The third-order valence-electron chi connectivity index (χ3n) is 2.91. The van der Waals surface area contributed by atoms with E-state index in [9.17, 15) is 8.42 Å². The van der Waals surface area contributed by atoms with E-state index in [4.69, 9.17) is 12.2 Å². The monoisotopic (exact) mass is 246 g/mol. The van der Waals surface area contributed by atoms with E-state index in [1.165, 1.54) is 0 Å². The first-order valence-electron chi connectivity index (χ1n) is 4.82. The molecule has 1 aromatic heterocycles. The second-order valence-corrected chi connectivity index (χ2v) is 7.02. The van der Waals surface area contributed by atoms with Crippen LogP contribution >= 0.6 is 12.2 Å². The molecule has 0 aliphatic carbocycles. The summed E-state index contributed by atoms with van der Waals surface area (Å²) in [6.45, 7) is 3.86. The van der Waals surface area contributed by atoms with E-state index in [1.54, 1.807) is 0 Å². The van der Waals surface area contributed by atoms with Crippen molar-refractivity contribution in [3.05, 3.63) is 16.7 Å². The van der Waals surface area contributed by atoms with Crippen LogP contribution in [0.25, 0.3) is 0 Å². The lowest BCUT2D eigenvalue weighted by atomic mass is 10.0. The third-order valence-corrected chi connectivity index (χ3v) is 5.10. The van der Waals surface area contributed by atoms with Gasteiger partial charge in [0.25, 0.3) is 0 Å². The first-order valence-corrected chi connectivity index (χ1v) is 7.05. The van der Waals surface area contributed by atoms with Crippen molar-refractivity contribution >= 4 is 22.1 Å². The number of H-pyrrole nitrogens is 1. The van der Waals surface area contributed by atoms with Crippen molar-refractivity contribution in [2.75, 3.05) is 11.5 Å². The molecule has 1 saturated heterocycles. The van der Waals surface area contributed by atoms with E-state index in [2.05, 4.69) is 4.98 Å². The molecule has 4 nitrogen and oxygen atoms in total. The number of hydrogen-bond donors (Lipinski definition) is 1. The Morgan fingerprint density at radius 2 is 2.27 bits per heavy atom. The molecule has 1 aromatic rings. The molecule has 84 valence electrons. The number of aryl methyl sites for hydroxylation is 1. The van der Waals surface area contributed by atoms with Crippen molar-refractivity contribution in [1.82, 2.24) is 9.55 Å². The molecule has 0 bridgehead atoms. The van der Waals surface area contributed by atoms with Gasteiger partial charge in [0, 0.05) is 11.9 Å². The standard InChI is InChI=1S/C9H14N2O2S2/c1-7-5-11(8(14)10-7)9(2)3-4-15(12,13)6-9/h5H,3-4,6H2,1-2H3,(H,10,14). The minimum atomic E-state index is -2.89. The summed E-state index contributed by atoms with van der Waals surface area (Å²) in [5.74, 6) is 0.446. The molecule has 1 N–H and O–H groups in total. The Labute approximate surface area is 94.2 Å². The van der Waals surface area contributed by atoms with E-state index in [0.29, 0.717) is 11.2 Å². The van der Waals surface area contributed by atoms with Crippen LogP contribution < -0.4 is 0 Å². The van der Waals surface area contributed by atoms with Gasteiger partial charge in [-0.25, -0.2) is 8.42 Å². The molecule has 0 aromatic carbocycles. The molecular formula is C9H14N2O2S2. The number of aromatic amines is 1. The van der Waals surface area contributed by atoms with Crippen LogP contribution in [0.5, 0.6) is 0 Å². The normalized spacial score (nSPS) is 29.5. The molecule has 6 heteroatoms. The molecule has 1 aliphatic rings. The number of nitrogens with one attached hydrogen (secondary N) is 1. The molecule has 1 unspecified atom stereocenters. The molecule has 0 saturated carbocycles. The third kappa shape index (κ3) is 1.88. The molecule has 1 atom stereocenters. The summed E-state index contributed by atoms with van der Waals surface area (Å²) in [4.78, 5) is 3.02. The highest BCUT2D eigenvalue weighted by atomic mass is 32.2. The molecule has 15 heavy (non-hydrogen) atoms. The van der Waals surface area contributed by atoms with Crippen LogP contribution in [0.15, 0.2) is 6.20 Å². The number of hydrogen-bond acceptors (Lipinski definition) is 3. The summed E-state index contributed by atoms with van der Waals surface area (Å²) < 4.78 is 25.4. The Hall–Kier alpha value is -0.620. The second kappa shape index (κ2) is 3.18. The summed E-state index contributed by atoms with van der Waals surface area (Å²) in [6.07, 6.45) is 2.53. The van der Waals surface area contributed by atoms with Gasteiger partial charge in [0.1, 0.15) is 0 Å². The predicted octanol–water partition coefficient (Wildman–Crippen LogP) is 1.39. The fourth-order valence-corrected chi connectivity index (χ4v) is 4.66. The van der Waals surface area contributed by atoms with Crippen molar-refractivity contribution in [3.63, 3.8) is 0 Å². The second-order valence-electron chi connectivity index (χ2n) is 4.45. The average Bonchev–Trinajstić information content (AvgIpc) is 2.54. The topological polar surface area (TPSA) is 54.9 Å². The summed E-state index contributed by atoms with van der Waals surface area (Å²) in [5, 5.41) is 0. The Bertz CT molecular complexity index is 541. The Balaban J connectivity index is 2.48. The molecule has 1 aliphatic heterocycles. The smallest absolute Gasteiger partial charge is 0.177 e. The van der Waals surface area contributed by atoms with Gasteiger partial charge < -0.3 is 9.55 Å². The van der Waals surface area contributed by atoms with Crippen LogP contribution in [0.2, 0.25) is 0 Å². The molecule has 0 spiro atoms. The minimum Gasteiger partial charge on any atom is -0.335 e. The largest absolute Gasteiger partial charge is 0.335 e. The predicted molar refractivity (Wildman–Crippen MR) is 61.3 cm³/mol. The van der Waals surface area contributed by atoms with Crippen molar-refractivity contribution < 1.29 is 8.42 Å². The van der Waals surface area contributed by atoms with Crippen molar-refractivity contribution in [3.8, 4) is 0 Å². The number of rotatable bonds is 1. The number of sulfone groups is 1. The maximum absolute atomic E-state index is 11.5. The van der Waals surface area contributed by atoms with Crippen LogP contribution in [0.4, 0.5) is 0 Å². The minimum absolute atomic E-state index is 0.186. The Kier molecular flexibility index (Phi) is 2.31. The van der Waals surface area contributed by atoms with Gasteiger partial charge in [-0.15, -0.1) is 0 Å². The summed E-state index contributed by atoms with van der Waals surface area (Å²) in [5.41, 5.74) is 0.589. The first-order chi connectivity index (χ1) is 6.82. The average molecular weight is 246 g/mol. The van der Waals surface area contributed by atoms with Crippen LogP contribution in [0.1, 0.15) is 19.0 Å². The van der Waals surface area contributed by atoms with Crippen LogP contribution in [0.3, 0.4) is 0 Å². The maximum Gasteiger partial charge on any atom is 0.177 e. The van der Waals surface area contributed by atoms with E-state index >= 15 is 0 Å². The van der Waals surface area contributed by atoms with Crippen molar-refractivity contribution in [1.29, 1.82) is 0 Å². The quantitative estimate of drug-likeness (QED) is 0.762. The fraction of sp³-hybridized carbons (Fsp3) is 0.667. The zero-order chi connectivity index (χ0) is 11.3. The van der Waals surface area contributed by atoms with Crippen LogP contribution in [-0.4, -0.2) is 29.5 Å². The zero-order valence-corrected chi connectivity index (χ0v) is 10.4. The highest BCUT2D eigenvalue weighted by Crippen LogP contribution is 2.30. The number of aromatic nitrogens is 2. The van der Waals surface area contributed by atoms with Gasteiger partial charge in [-0.2, -0.15) is 0 Å². The van der Waals surface area contributed by atoms with Crippen LogP contribution in [-0.2, 0) is 15.4 Å². The number of nitrogens with zero attached hydrogens (tertiary/aromatic N) is 1. The lowest BCUT2D eigenvalue weighted by Crippen LogP contribution is -2.30. The van der Waals surface area contributed by atoms with Gasteiger partial charge in [0.2, 0.25) is 0 Å². The van der Waals surface area contributed by atoms with Crippen molar-refractivity contribution in [2.24, 2.45) is 0 Å². The first kappa shape index (κ1) is 10.9. The van der Waals surface area contributed by atoms with E-state index in [1.807, 2.05) is 24.6 Å². The molecule has 0 radical (unpaired) electrons. The molecule has 2 heterocycles. The SMILES string of the molecule is Cc1cn(C2(C)CCS(=O)(=O)C2)c(=S)[nH]1. The summed E-state index contributed by atoms with van der Waals surface area (Å²) in [7, 11) is -2.89. The fourth-order valence-electron chi connectivity index (χ4n) is 2.10. The lowest BCUT2D eigenvalue weighted by Gasteiger charge is -2.23. The van der Waals surface area contributed by atoms with Gasteiger partial charge in [-0.3, -0.25) is 0 Å². The molecule has 0 amide bonds. The van der Waals surface area contributed by atoms with E-state index in [-0.39, 0.29) is 17.0 Å². The highest BCUT2D eigenvalue weighted by molar-refractivity contribution is 7.91. The van der Waals surface area contributed by atoms with Gasteiger partial charge in [-0.1, -0.05) is 0 Å². The van der Waals surface area contributed by atoms with Gasteiger partial charge in [-0.05, 0) is 32.5 Å². The molecule has 1 fully saturated rings. The Morgan fingerprint density at radius 1 is 1.60 bits per heavy atom. The van der Waals surface area contributed by atoms with E-state index < -0.39 is 9.84 Å². The van der Waals surface area contributed by atoms with Crippen molar-refractivity contribution in [2.45, 2.75) is 25.8 Å². The number of imidazole rings is 1. The zero-order valence-electron chi connectivity index (χ0n) is 8.78. The molecule has 2 rings (SSSR count). The summed E-state index contributed by atoms with van der Waals surface area (Å²) >= 11 is 5.17. The van der Waals surface area contributed by atoms with E-state index in [0.717, 1.165) is 5.69 Å². The highest BCUT2D eigenvalue weighted by Gasteiger charge is 2.40. The van der Waals surface area contributed by atoms with Gasteiger partial charge in [0.05, 0.1) is 17.0 Å².